The lowest BCUT2D eigenvalue weighted by molar-refractivity contribution is 0.504. The number of fused-ring (bicyclic) bond motifs is 3. The van der Waals surface area contributed by atoms with Crippen LogP contribution in [-0.2, 0) is 0 Å². The van der Waals surface area contributed by atoms with Gasteiger partial charge in [-0.1, -0.05) is 24.3 Å². The van der Waals surface area contributed by atoms with Crippen molar-refractivity contribution < 1.29 is 35.2 Å². The van der Waals surface area contributed by atoms with Crippen LogP contribution >= 0.6 is 0 Å². The second kappa shape index (κ2) is 9.55. The number of para-hydroxylation sites is 1. The van der Waals surface area contributed by atoms with Gasteiger partial charge >= 0.3 is 0 Å². The van der Waals surface area contributed by atoms with Gasteiger partial charge in [0.25, 0.3) is 0 Å². The molecule has 200 valence electrons. The van der Waals surface area contributed by atoms with Crippen LogP contribution in [0.15, 0.2) is 83.3 Å². The molecule has 0 aliphatic heterocycles. The van der Waals surface area contributed by atoms with Crippen molar-refractivity contribution in [3.63, 3.8) is 0 Å². The molecule has 0 saturated carbocycles. The molecule has 8 heteroatoms. The van der Waals surface area contributed by atoms with Gasteiger partial charge in [0.05, 0.1) is 5.56 Å². The molecule has 0 fully saturated rings. The summed E-state index contributed by atoms with van der Waals surface area (Å²) in [6.45, 7) is 1.40. The maximum atomic E-state index is 15.6. The fraction of sp³-hybridized carbons (Fsp3) is 0.0625. The molecule has 1 heterocycles. The Morgan fingerprint density at radius 2 is 1.10 bits per heavy atom. The number of aryl methyl sites for hydroxylation is 1. The molecule has 0 saturated heterocycles. The summed E-state index contributed by atoms with van der Waals surface area (Å²) in [6, 6.07) is 15.8. The first-order valence-electron chi connectivity index (χ1n) is 12.1. The van der Waals surface area contributed by atoms with Crippen LogP contribution in [0.5, 0.6) is 0 Å². The van der Waals surface area contributed by atoms with Crippen LogP contribution < -0.4 is 0 Å². The van der Waals surface area contributed by atoms with Gasteiger partial charge in [-0.2, -0.15) is 0 Å². The molecular weight excluding hydrogens is 533 g/mol. The Bertz CT molecular complexity index is 1830. The summed E-state index contributed by atoms with van der Waals surface area (Å²) in [7, 11) is 0. The van der Waals surface area contributed by atoms with Crippen LogP contribution in [-0.4, -0.2) is 0 Å². The van der Waals surface area contributed by atoms with Gasteiger partial charge in [0.15, 0.2) is 0 Å². The molecule has 1 unspecified atom stereocenters. The number of halogens is 7. The zero-order valence-corrected chi connectivity index (χ0v) is 20.6. The zero-order valence-electron chi connectivity index (χ0n) is 20.6. The molecule has 5 aromatic carbocycles. The fourth-order valence-corrected chi connectivity index (χ4v) is 5.21. The number of furan rings is 1. The van der Waals surface area contributed by atoms with Crippen molar-refractivity contribution in [1.29, 1.82) is 0 Å². The monoisotopic (exact) mass is 550 g/mol. The summed E-state index contributed by atoms with van der Waals surface area (Å²) < 4.78 is 111. The lowest BCUT2D eigenvalue weighted by Gasteiger charge is -2.22. The summed E-state index contributed by atoms with van der Waals surface area (Å²) in [5.41, 5.74) is -1.52. The van der Waals surface area contributed by atoms with Crippen LogP contribution in [0, 0.1) is 47.6 Å². The van der Waals surface area contributed by atoms with Gasteiger partial charge in [0.2, 0.25) is 0 Å². The molecule has 40 heavy (non-hydrogen) atoms. The highest BCUT2D eigenvalue weighted by Crippen LogP contribution is 2.41. The third-order valence-electron chi connectivity index (χ3n) is 6.91. The number of hydrogen-bond acceptors (Lipinski definition) is 1. The minimum atomic E-state index is -1.97. The van der Waals surface area contributed by atoms with Gasteiger partial charge in [-0.25, -0.2) is 30.7 Å². The summed E-state index contributed by atoms with van der Waals surface area (Å²) in [5.74, 6) is -10.9. The lowest BCUT2D eigenvalue weighted by Crippen LogP contribution is -2.14. The first-order valence-corrected chi connectivity index (χ1v) is 12.1. The smallest absolute Gasteiger partial charge is 0.136 e. The van der Waals surface area contributed by atoms with Gasteiger partial charge in [-0.05, 0) is 66.1 Å². The van der Waals surface area contributed by atoms with E-state index in [1.54, 1.807) is 18.2 Å². The lowest BCUT2D eigenvalue weighted by atomic mass is 9.82. The van der Waals surface area contributed by atoms with Gasteiger partial charge in [-0.3, -0.25) is 0 Å². The average Bonchev–Trinajstić information content (AvgIpc) is 3.24. The first-order chi connectivity index (χ1) is 19.1. The Labute approximate surface area is 223 Å². The number of hydrogen-bond donors (Lipinski definition) is 0. The summed E-state index contributed by atoms with van der Waals surface area (Å²) in [6.07, 6.45) is 0. The second-order valence-electron chi connectivity index (χ2n) is 9.53. The molecule has 1 atom stereocenters. The van der Waals surface area contributed by atoms with E-state index in [4.69, 9.17) is 4.42 Å². The maximum absolute atomic E-state index is 15.6. The van der Waals surface area contributed by atoms with E-state index < -0.39 is 68.9 Å². The van der Waals surface area contributed by atoms with Crippen molar-refractivity contribution in [2.75, 3.05) is 0 Å². The van der Waals surface area contributed by atoms with E-state index >= 15 is 17.6 Å². The topological polar surface area (TPSA) is 13.1 Å². The Morgan fingerprint density at radius 3 is 1.73 bits per heavy atom. The molecule has 0 aliphatic rings. The van der Waals surface area contributed by atoms with Crippen LogP contribution in [0.25, 0.3) is 33.1 Å². The molecule has 0 spiro atoms. The van der Waals surface area contributed by atoms with Crippen molar-refractivity contribution in [2.24, 2.45) is 0 Å². The largest absolute Gasteiger partial charge is 0.456 e. The zero-order chi connectivity index (χ0) is 28.3. The Morgan fingerprint density at radius 1 is 0.550 bits per heavy atom. The molecule has 0 N–H and O–H groups in total. The van der Waals surface area contributed by atoms with Gasteiger partial charge < -0.3 is 4.42 Å². The molecule has 0 amide bonds. The predicted molar refractivity (Wildman–Crippen MR) is 137 cm³/mol. The normalized spacial score (nSPS) is 12.4. The third kappa shape index (κ3) is 4.20. The van der Waals surface area contributed by atoms with Crippen LogP contribution in [0.4, 0.5) is 30.7 Å². The molecule has 0 aliphatic carbocycles. The average molecular weight is 550 g/mol. The molecule has 6 aromatic rings. The molecular formula is C32H17F7O. The summed E-state index contributed by atoms with van der Waals surface area (Å²) in [4.78, 5) is 0. The summed E-state index contributed by atoms with van der Waals surface area (Å²) >= 11 is 0. The SMILES string of the molecule is Cc1cc(F)c(C(c2cc(F)c(-c3ccc4c(c3)oc3ccccc34)c(F)c2)c2c(F)cc(F)cc2F)c(F)c1. The highest BCUT2D eigenvalue weighted by molar-refractivity contribution is 6.05. The fourth-order valence-electron chi connectivity index (χ4n) is 5.21. The van der Waals surface area contributed by atoms with E-state index in [0.717, 1.165) is 35.0 Å². The highest BCUT2D eigenvalue weighted by atomic mass is 19.2. The van der Waals surface area contributed by atoms with E-state index in [2.05, 4.69) is 0 Å². The summed E-state index contributed by atoms with van der Waals surface area (Å²) in [5, 5.41) is 1.54. The van der Waals surface area contributed by atoms with Crippen LogP contribution in [0.2, 0.25) is 0 Å². The van der Waals surface area contributed by atoms with Gasteiger partial charge in [-0.15, -0.1) is 0 Å². The van der Waals surface area contributed by atoms with Crippen molar-refractivity contribution in [3.05, 3.63) is 142 Å². The van der Waals surface area contributed by atoms with Crippen molar-refractivity contribution in [1.82, 2.24) is 0 Å². The van der Waals surface area contributed by atoms with E-state index in [1.165, 1.54) is 19.1 Å². The van der Waals surface area contributed by atoms with Crippen molar-refractivity contribution in [3.8, 4) is 11.1 Å². The standard InChI is InChI=1S/C32H17F7O/c1-15-8-21(34)31(22(35)9-15)30(32-25(38)13-18(33)14-26(32)39)17-10-23(36)29(24(37)11-17)16-6-7-20-19-4-2-3-5-27(19)40-28(20)12-16/h2-14,30H,1H3. The van der Waals surface area contributed by atoms with Crippen molar-refractivity contribution >= 4 is 21.9 Å². The molecule has 6 rings (SSSR count). The molecule has 1 aromatic heterocycles. The minimum Gasteiger partial charge on any atom is -0.456 e. The minimum absolute atomic E-state index is 0.108. The maximum Gasteiger partial charge on any atom is 0.136 e. The van der Waals surface area contributed by atoms with Gasteiger partial charge in [0, 0.05) is 39.9 Å². The highest BCUT2D eigenvalue weighted by Gasteiger charge is 2.31. The predicted octanol–water partition coefficient (Wildman–Crippen LogP) is 9.72. The van der Waals surface area contributed by atoms with E-state index in [1.807, 2.05) is 12.1 Å². The Hall–Kier alpha value is -4.59. The van der Waals surface area contributed by atoms with E-state index in [0.29, 0.717) is 23.3 Å². The van der Waals surface area contributed by atoms with E-state index in [9.17, 15) is 13.2 Å². The van der Waals surface area contributed by atoms with E-state index in [-0.39, 0.29) is 11.1 Å². The Kier molecular flexibility index (Phi) is 6.13. The Balaban J connectivity index is 1.55. The quantitative estimate of drug-likeness (QED) is 0.157. The molecule has 1 nitrogen and oxygen atoms in total. The second-order valence-corrected chi connectivity index (χ2v) is 9.53. The molecule has 0 bridgehead atoms. The number of rotatable bonds is 4. The number of benzene rings is 5. The van der Waals surface area contributed by atoms with Crippen LogP contribution in [0.1, 0.15) is 28.2 Å². The third-order valence-corrected chi connectivity index (χ3v) is 6.91. The first kappa shape index (κ1) is 25.7. The van der Waals surface area contributed by atoms with Gasteiger partial charge in [0.1, 0.15) is 51.9 Å². The van der Waals surface area contributed by atoms with Crippen molar-refractivity contribution in [2.45, 2.75) is 12.8 Å². The molecule has 0 radical (unpaired) electrons. The van der Waals surface area contributed by atoms with Crippen LogP contribution in [0.3, 0.4) is 0 Å².